The first-order chi connectivity index (χ1) is 8.95. The highest BCUT2D eigenvalue weighted by atomic mass is 127. The van der Waals surface area contributed by atoms with Crippen LogP contribution < -0.4 is 16.4 Å². The maximum Gasteiger partial charge on any atom is 0.224 e. The van der Waals surface area contributed by atoms with Crippen LogP contribution in [0.4, 0.5) is 0 Å². The van der Waals surface area contributed by atoms with E-state index in [0.29, 0.717) is 19.0 Å². The van der Waals surface area contributed by atoms with Crippen molar-refractivity contribution < 1.29 is 4.79 Å². The van der Waals surface area contributed by atoms with E-state index in [1.807, 2.05) is 38.3 Å². The van der Waals surface area contributed by atoms with E-state index in [1.54, 1.807) is 11.3 Å². The van der Waals surface area contributed by atoms with Crippen molar-refractivity contribution in [3.8, 4) is 0 Å². The number of hydrogen-bond acceptors (Lipinski definition) is 3. The molecule has 7 heteroatoms. The summed E-state index contributed by atoms with van der Waals surface area (Å²) in [6.45, 7) is 7.48. The number of amides is 1. The first-order valence-electron chi connectivity index (χ1n) is 6.30. The van der Waals surface area contributed by atoms with E-state index in [0.717, 1.165) is 6.54 Å². The Morgan fingerprint density at radius 2 is 2.15 bits per heavy atom. The molecule has 1 rings (SSSR count). The molecule has 1 amide bonds. The van der Waals surface area contributed by atoms with Crippen molar-refractivity contribution in [2.75, 3.05) is 13.1 Å². The number of thiophene rings is 1. The monoisotopic (exact) mass is 410 g/mol. The minimum absolute atomic E-state index is 0. The zero-order valence-electron chi connectivity index (χ0n) is 12.1. The Labute approximate surface area is 141 Å². The van der Waals surface area contributed by atoms with Gasteiger partial charge < -0.3 is 16.4 Å². The number of nitrogens with one attached hydrogen (secondary N) is 2. The van der Waals surface area contributed by atoms with Crippen molar-refractivity contribution >= 4 is 47.2 Å². The standard InChI is InChI=1S/C13H22N4OS.HI/c1-4-15-12(16-8-10-6-5-7-19-10)17-9-13(2,3)11(14)18;/h5-7H,4,8-9H2,1-3H3,(H2,14,18)(H2,15,16,17);1H. The zero-order valence-corrected chi connectivity index (χ0v) is 15.2. The number of carbonyl (C=O) groups excluding carboxylic acids is 1. The van der Waals surface area contributed by atoms with Crippen LogP contribution in [0.5, 0.6) is 0 Å². The summed E-state index contributed by atoms with van der Waals surface area (Å²) in [7, 11) is 0. The van der Waals surface area contributed by atoms with Gasteiger partial charge in [-0.15, -0.1) is 35.3 Å². The van der Waals surface area contributed by atoms with Crippen LogP contribution in [-0.4, -0.2) is 25.0 Å². The van der Waals surface area contributed by atoms with Gasteiger partial charge in [0.2, 0.25) is 5.91 Å². The summed E-state index contributed by atoms with van der Waals surface area (Å²) in [6.07, 6.45) is 0. The lowest BCUT2D eigenvalue weighted by Crippen LogP contribution is -2.46. The van der Waals surface area contributed by atoms with Crippen LogP contribution in [-0.2, 0) is 11.3 Å². The lowest BCUT2D eigenvalue weighted by atomic mass is 9.93. The van der Waals surface area contributed by atoms with E-state index in [1.165, 1.54) is 4.88 Å². The lowest BCUT2D eigenvalue weighted by Gasteiger charge is -2.22. The zero-order chi connectivity index (χ0) is 14.3. The van der Waals surface area contributed by atoms with Crippen LogP contribution in [0, 0.1) is 5.41 Å². The molecule has 0 unspecified atom stereocenters. The molecule has 20 heavy (non-hydrogen) atoms. The largest absolute Gasteiger partial charge is 0.369 e. The fraction of sp³-hybridized carbons (Fsp3) is 0.538. The number of nitrogens with zero attached hydrogens (tertiary/aromatic N) is 1. The summed E-state index contributed by atoms with van der Waals surface area (Å²) in [5.74, 6) is 0.374. The number of aliphatic imine (C=N–C) groups is 1. The second-order valence-electron chi connectivity index (χ2n) is 4.88. The molecule has 5 nitrogen and oxygen atoms in total. The third kappa shape index (κ3) is 6.56. The topological polar surface area (TPSA) is 79.5 Å². The number of hydrogen-bond donors (Lipinski definition) is 3. The van der Waals surface area contributed by atoms with Crippen LogP contribution in [0.15, 0.2) is 22.5 Å². The Bertz CT molecular complexity index is 432. The van der Waals surface area contributed by atoms with Crippen LogP contribution in [0.2, 0.25) is 0 Å². The molecule has 0 aliphatic carbocycles. The summed E-state index contributed by atoms with van der Waals surface area (Å²) in [5, 5.41) is 8.32. The van der Waals surface area contributed by atoms with Crippen molar-refractivity contribution in [3.63, 3.8) is 0 Å². The molecule has 0 bridgehead atoms. The average molecular weight is 410 g/mol. The number of nitrogens with two attached hydrogens (primary N) is 1. The molecule has 0 spiro atoms. The molecule has 1 aromatic heterocycles. The number of primary amides is 1. The summed E-state index contributed by atoms with van der Waals surface area (Å²) < 4.78 is 0. The highest BCUT2D eigenvalue weighted by Gasteiger charge is 2.24. The van der Waals surface area contributed by atoms with Crippen LogP contribution in [0.1, 0.15) is 25.6 Å². The quantitative estimate of drug-likeness (QED) is 0.381. The molecular formula is C13H23IN4OS. The fourth-order valence-electron chi connectivity index (χ4n) is 1.29. The average Bonchev–Trinajstić information content (AvgIpc) is 2.85. The molecule has 0 radical (unpaired) electrons. The minimum atomic E-state index is -0.598. The summed E-state index contributed by atoms with van der Waals surface area (Å²) in [5.41, 5.74) is 4.75. The van der Waals surface area contributed by atoms with E-state index < -0.39 is 5.41 Å². The molecule has 114 valence electrons. The number of guanidine groups is 1. The van der Waals surface area contributed by atoms with E-state index in [2.05, 4.69) is 15.6 Å². The molecule has 0 aliphatic rings. The van der Waals surface area contributed by atoms with Crippen LogP contribution in [0.3, 0.4) is 0 Å². The number of carbonyl (C=O) groups is 1. The molecule has 0 atom stereocenters. The van der Waals surface area contributed by atoms with Crippen molar-refractivity contribution in [1.29, 1.82) is 0 Å². The Kier molecular flexibility index (Phi) is 8.79. The first-order valence-corrected chi connectivity index (χ1v) is 7.18. The maximum absolute atomic E-state index is 11.3. The molecule has 4 N–H and O–H groups in total. The van der Waals surface area contributed by atoms with Gasteiger partial charge >= 0.3 is 0 Å². The normalized spacial score (nSPS) is 11.7. The van der Waals surface area contributed by atoms with Crippen LogP contribution >= 0.6 is 35.3 Å². The second kappa shape index (κ2) is 9.17. The minimum Gasteiger partial charge on any atom is -0.369 e. The van der Waals surface area contributed by atoms with Gasteiger partial charge in [-0.2, -0.15) is 0 Å². The smallest absolute Gasteiger partial charge is 0.224 e. The number of halogens is 1. The molecule has 1 heterocycles. The van der Waals surface area contributed by atoms with Crippen LogP contribution in [0.25, 0.3) is 0 Å². The Morgan fingerprint density at radius 3 is 2.65 bits per heavy atom. The second-order valence-corrected chi connectivity index (χ2v) is 5.91. The summed E-state index contributed by atoms with van der Waals surface area (Å²) in [4.78, 5) is 16.9. The molecule has 0 saturated heterocycles. The highest BCUT2D eigenvalue weighted by Crippen LogP contribution is 2.12. The van der Waals surface area contributed by atoms with Gasteiger partial charge in [0, 0.05) is 18.0 Å². The molecule has 0 aromatic carbocycles. The van der Waals surface area contributed by atoms with Gasteiger partial charge in [0.25, 0.3) is 0 Å². The van der Waals surface area contributed by atoms with E-state index >= 15 is 0 Å². The van der Waals surface area contributed by atoms with E-state index in [9.17, 15) is 4.79 Å². The van der Waals surface area contributed by atoms with Crippen molar-refractivity contribution in [1.82, 2.24) is 10.6 Å². The van der Waals surface area contributed by atoms with Crippen molar-refractivity contribution in [2.24, 2.45) is 16.1 Å². The Morgan fingerprint density at radius 1 is 1.45 bits per heavy atom. The third-order valence-corrected chi connectivity index (χ3v) is 3.54. The molecule has 0 fully saturated rings. The summed E-state index contributed by atoms with van der Waals surface area (Å²) >= 11 is 1.67. The van der Waals surface area contributed by atoms with Gasteiger partial charge in [0.1, 0.15) is 0 Å². The van der Waals surface area contributed by atoms with Gasteiger partial charge in [0.05, 0.1) is 12.0 Å². The predicted octanol–water partition coefficient (Wildman–Crippen LogP) is 1.93. The predicted molar refractivity (Wildman–Crippen MR) is 95.5 cm³/mol. The van der Waals surface area contributed by atoms with Crippen molar-refractivity contribution in [2.45, 2.75) is 27.3 Å². The third-order valence-electron chi connectivity index (χ3n) is 2.68. The van der Waals surface area contributed by atoms with Gasteiger partial charge in [-0.05, 0) is 32.2 Å². The van der Waals surface area contributed by atoms with Gasteiger partial charge in [-0.1, -0.05) is 6.07 Å². The van der Waals surface area contributed by atoms with Gasteiger partial charge in [-0.3, -0.25) is 4.79 Å². The van der Waals surface area contributed by atoms with Gasteiger partial charge in [0.15, 0.2) is 5.96 Å². The molecular weight excluding hydrogens is 387 g/mol. The maximum atomic E-state index is 11.3. The number of rotatable bonds is 6. The SMILES string of the molecule is CCNC(=NCc1cccs1)NCC(C)(C)C(N)=O.I. The fourth-order valence-corrected chi connectivity index (χ4v) is 1.92. The van der Waals surface area contributed by atoms with E-state index in [4.69, 9.17) is 5.73 Å². The molecule has 0 saturated carbocycles. The molecule has 0 aliphatic heterocycles. The van der Waals surface area contributed by atoms with Crippen molar-refractivity contribution in [3.05, 3.63) is 22.4 Å². The summed E-state index contributed by atoms with van der Waals surface area (Å²) in [6, 6.07) is 4.05. The first kappa shape index (κ1) is 19.2. The highest BCUT2D eigenvalue weighted by molar-refractivity contribution is 14.0. The lowest BCUT2D eigenvalue weighted by molar-refractivity contribution is -0.125. The van der Waals surface area contributed by atoms with Gasteiger partial charge in [-0.25, -0.2) is 4.99 Å². The Balaban J connectivity index is 0.00000361. The Hall–Kier alpha value is -0.830. The molecule has 1 aromatic rings. The van der Waals surface area contributed by atoms with E-state index in [-0.39, 0.29) is 29.9 Å².